The smallest absolute Gasteiger partial charge is 0.248 e. The number of ether oxygens (including phenoxy) is 1. The van der Waals surface area contributed by atoms with Crippen molar-refractivity contribution in [1.82, 2.24) is 19.6 Å². The Balaban J connectivity index is 0.00000264. The zero-order chi connectivity index (χ0) is 29.5. The predicted octanol–water partition coefficient (Wildman–Crippen LogP) is 6.34. The maximum Gasteiger partial charge on any atom is 0.248 e. The second-order valence-corrected chi connectivity index (χ2v) is 12.2. The van der Waals surface area contributed by atoms with Crippen molar-refractivity contribution in [1.29, 1.82) is 0 Å². The van der Waals surface area contributed by atoms with Gasteiger partial charge in [-0.1, -0.05) is 42.5 Å². The molecule has 3 aromatic carbocycles. The van der Waals surface area contributed by atoms with Gasteiger partial charge < -0.3 is 15.4 Å². The Kier molecular flexibility index (Phi) is 18.8. The number of unbranched alkanes of at least 4 members (excludes halogenated alkanes) is 1. The normalized spacial score (nSPS) is 16.9. The molecule has 3 aromatic rings. The third kappa shape index (κ3) is 10.9. The van der Waals surface area contributed by atoms with Crippen molar-refractivity contribution < 1.29 is 9.53 Å². The van der Waals surface area contributed by atoms with Gasteiger partial charge >= 0.3 is 0 Å². The molecule has 46 heavy (non-hydrogen) atoms. The third-order valence-electron chi connectivity index (χ3n) is 9.36. The van der Waals surface area contributed by atoms with Gasteiger partial charge in [0, 0.05) is 82.1 Å². The van der Waals surface area contributed by atoms with Crippen LogP contribution < -0.4 is 10.5 Å². The Morgan fingerprint density at radius 3 is 1.98 bits per heavy atom. The van der Waals surface area contributed by atoms with Crippen LogP contribution in [-0.2, 0) is 6.42 Å². The number of aryl methyl sites for hydroxylation is 1. The van der Waals surface area contributed by atoms with Gasteiger partial charge in [-0.05, 0) is 74.2 Å². The van der Waals surface area contributed by atoms with E-state index in [1.165, 1.54) is 28.3 Å². The van der Waals surface area contributed by atoms with E-state index in [4.69, 9.17) is 10.5 Å². The van der Waals surface area contributed by atoms with E-state index in [0.29, 0.717) is 17.6 Å². The number of nitrogens with zero attached hydrogens (tertiary/aromatic N) is 4. The molecule has 0 spiro atoms. The largest absolute Gasteiger partial charge is 0.496 e. The van der Waals surface area contributed by atoms with Crippen LogP contribution in [0.25, 0.3) is 10.8 Å². The van der Waals surface area contributed by atoms with Gasteiger partial charge in [-0.15, -0.1) is 49.6 Å². The second-order valence-electron chi connectivity index (χ2n) is 12.2. The number of nitrogens with two attached hydrogens (primary N) is 1. The summed E-state index contributed by atoms with van der Waals surface area (Å²) < 4.78 is 5.71. The summed E-state index contributed by atoms with van der Waals surface area (Å²) in [5, 5.41) is 2.60. The summed E-state index contributed by atoms with van der Waals surface area (Å²) in [6, 6.07) is 21.8. The lowest BCUT2D eigenvalue weighted by atomic mass is 9.99. The van der Waals surface area contributed by atoms with Crippen LogP contribution in [0.2, 0.25) is 0 Å². The Morgan fingerprint density at radius 1 is 0.761 bits per heavy atom. The summed E-state index contributed by atoms with van der Waals surface area (Å²) in [5.41, 5.74) is 8.72. The topological polar surface area (TPSA) is 65.3 Å². The number of carbonyl (C=O) groups excluding carboxylic acids is 1. The Labute approximate surface area is 300 Å². The Bertz CT molecular complexity index is 1310. The number of benzene rings is 3. The SMILES string of the molecule is COc1ccc2ccccc2c1CCCCN1CCN(CC(c2ccc(C(N)=O)cc2)N2CCN(C(C)C)CC2)CC1.Cl.Cl.Cl.Cl. The lowest BCUT2D eigenvalue weighted by Gasteiger charge is -2.43. The molecule has 0 radical (unpaired) electrons. The fourth-order valence-corrected chi connectivity index (χ4v) is 6.71. The number of amides is 1. The highest BCUT2D eigenvalue weighted by molar-refractivity contribution is 5.92. The first-order valence-electron chi connectivity index (χ1n) is 15.8. The van der Waals surface area contributed by atoms with Gasteiger partial charge in [0.1, 0.15) is 5.75 Å². The van der Waals surface area contributed by atoms with Gasteiger partial charge in [0.15, 0.2) is 0 Å². The zero-order valence-electron chi connectivity index (χ0n) is 27.4. The summed E-state index contributed by atoms with van der Waals surface area (Å²) in [6.45, 7) is 15.5. The number of halogens is 4. The number of hydrogen-bond donors (Lipinski definition) is 1. The highest BCUT2D eigenvalue weighted by atomic mass is 35.5. The molecule has 2 N–H and O–H groups in total. The summed E-state index contributed by atoms with van der Waals surface area (Å²) in [7, 11) is 1.78. The van der Waals surface area contributed by atoms with Crippen molar-refractivity contribution in [2.45, 2.75) is 45.2 Å². The first kappa shape index (κ1) is 42.2. The van der Waals surface area contributed by atoms with E-state index < -0.39 is 0 Å². The van der Waals surface area contributed by atoms with Gasteiger partial charge in [0.2, 0.25) is 5.91 Å². The van der Waals surface area contributed by atoms with E-state index in [9.17, 15) is 4.79 Å². The molecule has 2 aliphatic heterocycles. The van der Waals surface area contributed by atoms with Gasteiger partial charge in [-0.2, -0.15) is 0 Å². The molecule has 1 amide bonds. The van der Waals surface area contributed by atoms with Crippen LogP contribution in [0.1, 0.15) is 54.2 Å². The Morgan fingerprint density at radius 2 is 1.37 bits per heavy atom. The molecule has 2 saturated heterocycles. The van der Waals surface area contributed by atoms with Crippen LogP contribution >= 0.6 is 49.6 Å². The highest BCUT2D eigenvalue weighted by Crippen LogP contribution is 2.30. The average molecular weight is 718 g/mol. The molecule has 1 unspecified atom stereocenters. The average Bonchev–Trinajstić information content (AvgIpc) is 3.02. The van der Waals surface area contributed by atoms with E-state index in [0.717, 1.165) is 84.0 Å². The van der Waals surface area contributed by atoms with Gasteiger partial charge in [0.05, 0.1) is 7.11 Å². The number of fused-ring (bicyclic) bond motifs is 1. The quantitative estimate of drug-likeness (QED) is 0.221. The van der Waals surface area contributed by atoms with Gasteiger partial charge in [-0.3, -0.25) is 19.5 Å². The number of carbonyl (C=O) groups is 1. The lowest BCUT2D eigenvalue weighted by Crippen LogP contribution is -2.53. The number of hydrogen-bond acceptors (Lipinski definition) is 6. The second kappa shape index (κ2) is 20.5. The van der Waals surface area contributed by atoms with Crippen molar-refractivity contribution >= 4 is 66.3 Å². The molecule has 11 heteroatoms. The van der Waals surface area contributed by atoms with Crippen LogP contribution in [0.3, 0.4) is 0 Å². The van der Waals surface area contributed by atoms with E-state index in [1.807, 2.05) is 12.1 Å². The van der Waals surface area contributed by atoms with E-state index >= 15 is 0 Å². The molecule has 0 aliphatic carbocycles. The first-order valence-corrected chi connectivity index (χ1v) is 15.8. The highest BCUT2D eigenvalue weighted by Gasteiger charge is 2.29. The summed E-state index contributed by atoms with van der Waals surface area (Å²) >= 11 is 0. The summed E-state index contributed by atoms with van der Waals surface area (Å²) in [5.74, 6) is 0.641. The first-order chi connectivity index (χ1) is 20.4. The zero-order valence-corrected chi connectivity index (χ0v) is 30.7. The van der Waals surface area contributed by atoms with Crippen molar-refractivity contribution in [3.8, 4) is 5.75 Å². The van der Waals surface area contributed by atoms with Crippen molar-refractivity contribution in [3.05, 3.63) is 77.4 Å². The third-order valence-corrected chi connectivity index (χ3v) is 9.36. The molecule has 7 nitrogen and oxygen atoms in total. The minimum absolute atomic E-state index is 0. The minimum Gasteiger partial charge on any atom is -0.496 e. The number of primary amides is 1. The molecule has 2 heterocycles. The van der Waals surface area contributed by atoms with Crippen LogP contribution in [0.15, 0.2) is 60.7 Å². The predicted molar refractivity (Wildman–Crippen MR) is 201 cm³/mol. The fourth-order valence-electron chi connectivity index (χ4n) is 6.71. The van der Waals surface area contributed by atoms with Crippen LogP contribution in [-0.4, -0.2) is 104 Å². The van der Waals surface area contributed by atoms with Crippen molar-refractivity contribution in [2.75, 3.05) is 72.6 Å². The van der Waals surface area contributed by atoms with E-state index in [1.54, 1.807) is 7.11 Å². The molecule has 0 aromatic heterocycles. The van der Waals surface area contributed by atoms with Crippen molar-refractivity contribution in [2.24, 2.45) is 5.73 Å². The molecule has 2 aliphatic rings. The number of methoxy groups -OCH3 is 1. The van der Waals surface area contributed by atoms with Gasteiger partial charge in [0.25, 0.3) is 0 Å². The Hall–Kier alpha value is -1.81. The number of piperazine rings is 2. The molecule has 0 saturated carbocycles. The number of rotatable bonds is 12. The summed E-state index contributed by atoms with van der Waals surface area (Å²) in [4.78, 5) is 22.2. The molecule has 1 atom stereocenters. The molecular weight excluding hydrogens is 664 g/mol. The molecular formula is C35H53Cl4N5O2. The maximum atomic E-state index is 11.7. The molecule has 0 bridgehead atoms. The van der Waals surface area contributed by atoms with Crippen LogP contribution in [0.5, 0.6) is 5.75 Å². The van der Waals surface area contributed by atoms with Gasteiger partial charge in [-0.25, -0.2) is 0 Å². The standard InChI is InChI=1S/C35H49N5O2.4ClH/c1-27(2)39-22-24-40(25-23-39)33(29-11-13-30(14-12-29)35(36)41)26-38-20-18-37(19-21-38)17-7-6-10-32-31-9-5-4-8-28(31)15-16-34(32)42-3;;;;/h4-5,8-9,11-16,27,33H,6-7,10,17-26H2,1-3H3,(H2,36,41);4*1H. The molecule has 258 valence electrons. The van der Waals surface area contributed by atoms with Crippen LogP contribution in [0, 0.1) is 0 Å². The fraction of sp³-hybridized carbons (Fsp3) is 0.514. The minimum atomic E-state index is -0.365. The van der Waals surface area contributed by atoms with E-state index in [2.05, 4.69) is 82.0 Å². The maximum absolute atomic E-state index is 11.7. The van der Waals surface area contributed by atoms with Crippen LogP contribution in [0.4, 0.5) is 0 Å². The monoisotopic (exact) mass is 715 g/mol. The van der Waals surface area contributed by atoms with E-state index in [-0.39, 0.29) is 55.5 Å². The molecule has 5 rings (SSSR count). The molecule has 2 fully saturated rings. The van der Waals surface area contributed by atoms with Crippen molar-refractivity contribution in [3.63, 3.8) is 0 Å². The summed E-state index contributed by atoms with van der Waals surface area (Å²) in [6.07, 6.45) is 3.41. The lowest BCUT2D eigenvalue weighted by molar-refractivity contribution is 0.0480.